The van der Waals surface area contributed by atoms with E-state index in [0.717, 1.165) is 23.3 Å². The third-order valence-corrected chi connectivity index (χ3v) is 8.04. The zero-order chi connectivity index (χ0) is 17.8. The lowest BCUT2D eigenvalue weighted by Gasteiger charge is -2.40. The molecule has 5 heteroatoms. The Morgan fingerprint density at radius 1 is 1.04 bits per heavy atom. The molecule has 2 aromatic rings. The predicted molar refractivity (Wildman–Crippen MR) is 112 cm³/mol. The molecule has 2 fully saturated rings. The van der Waals surface area contributed by atoms with Crippen LogP contribution in [-0.2, 0) is 0 Å². The second-order valence-corrected chi connectivity index (χ2v) is 9.86. The fraction of sp³-hybridized carbons (Fsp3) is 0.667. The number of fused-ring (bicyclic) bond motifs is 1. The Kier molecular flexibility index (Phi) is 6.39. The van der Waals surface area contributed by atoms with Crippen LogP contribution in [0.15, 0.2) is 22.5 Å². The van der Waals surface area contributed by atoms with Crippen LogP contribution < -0.4 is 4.74 Å². The number of thiazole rings is 1. The van der Waals surface area contributed by atoms with Crippen LogP contribution in [0.1, 0.15) is 71.1 Å². The van der Waals surface area contributed by atoms with Crippen LogP contribution in [0.5, 0.6) is 5.75 Å². The number of aromatic nitrogens is 1. The van der Waals surface area contributed by atoms with Crippen molar-refractivity contribution < 1.29 is 4.74 Å². The molecule has 0 atom stereocenters. The highest BCUT2D eigenvalue weighted by atomic mass is 32.2. The molecule has 142 valence electrons. The monoisotopic (exact) mass is 390 g/mol. The maximum absolute atomic E-state index is 5.66. The molecular weight excluding hydrogens is 360 g/mol. The maximum Gasteiger partial charge on any atom is 0.166 e. The summed E-state index contributed by atoms with van der Waals surface area (Å²) >= 11 is 3.77. The van der Waals surface area contributed by atoms with Gasteiger partial charge in [-0.1, -0.05) is 38.5 Å². The highest BCUT2D eigenvalue weighted by Crippen LogP contribution is 2.40. The van der Waals surface area contributed by atoms with Crippen molar-refractivity contribution in [3.8, 4) is 5.75 Å². The second-order valence-electron chi connectivity index (χ2n) is 7.58. The topological polar surface area (TPSA) is 25.4 Å². The molecule has 2 aliphatic rings. The van der Waals surface area contributed by atoms with E-state index in [2.05, 4.69) is 16.4 Å². The summed E-state index contributed by atoms with van der Waals surface area (Å²) in [5.74, 6) is 0.955. The lowest BCUT2D eigenvalue weighted by Crippen LogP contribution is -2.40. The quantitative estimate of drug-likeness (QED) is 0.514. The molecule has 2 aliphatic carbocycles. The van der Waals surface area contributed by atoms with E-state index < -0.39 is 0 Å². The molecule has 0 aliphatic heterocycles. The summed E-state index contributed by atoms with van der Waals surface area (Å²) in [5.41, 5.74) is 1.10. The Morgan fingerprint density at radius 2 is 1.69 bits per heavy atom. The van der Waals surface area contributed by atoms with E-state index in [4.69, 9.17) is 9.72 Å². The molecule has 0 spiro atoms. The summed E-state index contributed by atoms with van der Waals surface area (Å²) in [6, 6.07) is 7.77. The lowest BCUT2D eigenvalue weighted by molar-refractivity contribution is 0.185. The van der Waals surface area contributed by atoms with E-state index in [1.807, 2.05) is 36.3 Å². The highest BCUT2D eigenvalue weighted by molar-refractivity contribution is 7.99. The number of hydrogen-bond acceptors (Lipinski definition) is 5. The first-order valence-corrected chi connectivity index (χ1v) is 11.9. The van der Waals surface area contributed by atoms with Crippen LogP contribution in [0.3, 0.4) is 0 Å². The molecule has 3 nitrogen and oxygen atoms in total. The molecule has 0 bridgehead atoms. The molecule has 0 radical (unpaired) electrons. The Balaban J connectivity index is 1.54. The van der Waals surface area contributed by atoms with Gasteiger partial charge in [-0.05, 0) is 62.8 Å². The molecule has 0 amide bonds. The molecular formula is C21H30N2OS2. The van der Waals surface area contributed by atoms with Crippen LogP contribution in [0.4, 0.5) is 0 Å². The number of hydrogen-bond donors (Lipinski definition) is 0. The first-order chi connectivity index (χ1) is 12.8. The Hall–Kier alpha value is -0.780. The number of rotatable bonds is 6. The average Bonchev–Trinajstić information content (AvgIpc) is 3.10. The fourth-order valence-electron chi connectivity index (χ4n) is 4.39. The van der Waals surface area contributed by atoms with Crippen molar-refractivity contribution in [3.05, 3.63) is 18.2 Å². The number of benzene rings is 1. The summed E-state index contributed by atoms with van der Waals surface area (Å²) in [4.78, 5) is 4.93. The van der Waals surface area contributed by atoms with Gasteiger partial charge in [-0.2, -0.15) is 0 Å². The first-order valence-electron chi connectivity index (χ1n) is 10.3. The van der Waals surface area contributed by atoms with Crippen molar-refractivity contribution in [2.24, 2.45) is 0 Å². The Morgan fingerprint density at radius 3 is 2.31 bits per heavy atom. The maximum atomic E-state index is 5.66. The van der Waals surface area contributed by atoms with Crippen molar-refractivity contribution in [2.75, 3.05) is 6.61 Å². The number of ether oxygens (including phenoxy) is 1. The van der Waals surface area contributed by atoms with E-state index in [-0.39, 0.29) is 0 Å². The molecule has 0 N–H and O–H groups in total. The van der Waals surface area contributed by atoms with E-state index in [0.29, 0.717) is 6.61 Å². The third-order valence-electron chi connectivity index (χ3n) is 5.70. The Bertz CT molecular complexity index is 687. The van der Waals surface area contributed by atoms with Gasteiger partial charge in [0.2, 0.25) is 0 Å². The van der Waals surface area contributed by atoms with Gasteiger partial charge in [-0.3, -0.25) is 0 Å². The van der Waals surface area contributed by atoms with Gasteiger partial charge in [0.25, 0.3) is 0 Å². The summed E-state index contributed by atoms with van der Waals surface area (Å²) in [6.45, 7) is 2.74. The summed E-state index contributed by atoms with van der Waals surface area (Å²) < 4.78 is 10.9. The highest BCUT2D eigenvalue weighted by Gasteiger charge is 2.30. The minimum absolute atomic E-state index is 0.711. The van der Waals surface area contributed by atoms with Crippen LogP contribution in [0, 0.1) is 0 Å². The zero-order valence-corrected chi connectivity index (χ0v) is 17.4. The predicted octanol–water partition coefficient (Wildman–Crippen LogP) is 6.67. The van der Waals surface area contributed by atoms with Gasteiger partial charge in [-0.15, -0.1) is 11.3 Å². The van der Waals surface area contributed by atoms with E-state index in [1.165, 1.54) is 73.2 Å². The standard InChI is InChI=1S/C21H30N2OS2/c1-2-24-18-13-14-19-20(15-18)25-21(22-19)26-23(16-9-5-3-6-10-16)17-11-7-4-8-12-17/h13-17H,2-12H2,1H3. The van der Waals surface area contributed by atoms with Crippen LogP contribution in [0.25, 0.3) is 10.2 Å². The van der Waals surface area contributed by atoms with E-state index in [1.54, 1.807) is 0 Å². The van der Waals surface area contributed by atoms with Gasteiger partial charge < -0.3 is 4.74 Å². The third kappa shape index (κ3) is 4.37. The molecule has 4 rings (SSSR count). The second kappa shape index (κ2) is 8.94. The van der Waals surface area contributed by atoms with Crippen LogP contribution >= 0.6 is 23.3 Å². The minimum Gasteiger partial charge on any atom is -0.494 e. The van der Waals surface area contributed by atoms with Crippen molar-refractivity contribution >= 4 is 33.5 Å². The van der Waals surface area contributed by atoms with Gasteiger partial charge in [-0.25, -0.2) is 9.29 Å². The van der Waals surface area contributed by atoms with Crippen LogP contribution in [-0.4, -0.2) is 28.0 Å². The molecule has 0 saturated heterocycles. The van der Waals surface area contributed by atoms with Crippen molar-refractivity contribution in [3.63, 3.8) is 0 Å². The van der Waals surface area contributed by atoms with Crippen molar-refractivity contribution in [2.45, 2.75) is 87.6 Å². The van der Waals surface area contributed by atoms with Gasteiger partial charge in [0.05, 0.1) is 16.8 Å². The molecule has 1 aromatic heterocycles. The van der Waals surface area contributed by atoms with Crippen LogP contribution in [0.2, 0.25) is 0 Å². The van der Waals surface area contributed by atoms with E-state index >= 15 is 0 Å². The Labute approximate surface area is 165 Å². The summed E-state index contributed by atoms with van der Waals surface area (Å²) in [7, 11) is 0. The fourth-order valence-corrected chi connectivity index (χ4v) is 6.83. The largest absolute Gasteiger partial charge is 0.494 e. The van der Waals surface area contributed by atoms with Gasteiger partial charge in [0.1, 0.15) is 5.75 Å². The van der Waals surface area contributed by atoms with Crippen molar-refractivity contribution in [1.29, 1.82) is 0 Å². The molecule has 26 heavy (non-hydrogen) atoms. The normalized spacial score (nSPS) is 20.1. The van der Waals surface area contributed by atoms with E-state index in [9.17, 15) is 0 Å². The van der Waals surface area contributed by atoms with Gasteiger partial charge >= 0.3 is 0 Å². The molecule has 0 unspecified atom stereocenters. The van der Waals surface area contributed by atoms with Gasteiger partial charge in [0.15, 0.2) is 4.34 Å². The van der Waals surface area contributed by atoms with Gasteiger partial charge in [0, 0.05) is 12.1 Å². The smallest absolute Gasteiger partial charge is 0.166 e. The molecule has 1 heterocycles. The zero-order valence-electron chi connectivity index (χ0n) is 15.8. The number of nitrogens with zero attached hydrogens (tertiary/aromatic N) is 2. The molecule has 2 saturated carbocycles. The molecule has 1 aromatic carbocycles. The van der Waals surface area contributed by atoms with Crippen molar-refractivity contribution in [1.82, 2.24) is 9.29 Å². The first kappa shape index (κ1) is 18.6. The average molecular weight is 391 g/mol. The SMILES string of the molecule is CCOc1ccc2nc(SN(C3CCCCC3)C3CCCCC3)sc2c1. The summed E-state index contributed by atoms with van der Waals surface area (Å²) in [6.07, 6.45) is 13.9. The lowest BCUT2D eigenvalue weighted by atomic mass is 9.91. The summed E-state index contributed by atoms with van der Waals surface area (Å²) in [5, 5.41) is 0. The minimum atomic E-state index is 0.711.